The van der Waals surface area contributed by atoms with Gasteiger partial charge in [-0.3, -0.25) is 9.79 Å². The molecule has 7 nitrogen and oxygen atoms in total. The normalized spacial score (nSPS) is 14.1. The predicted molar refractivity (Wildman–Crippen MR) is 127 cm³/mol. The monoisotopic (exact) mass is 510 g/mol. The molecular weight excluding hydrogens is 481 g/mol. The van der Waals surface area contributed by atoms with Gasteiger partial charge < -0.3 is 10.2 Å². The van der Waals surface area contributed by atoms with Gasteiger partial charge in [0.2, 0.25) is 15.9 Å². The first-order chi connectivity index (χ1) is 16.5. The maximum absolute atomic E-state index is 13.2. The van der Waals surface area contributed by atoms with Crippen LogP contribution >= 0.6 is 0 Å². The fourth-order valence-electron chi connectivity index (χ4n) is 3.74. The number of sulfonamides is 1. The zero-order valence-corrected chi connectivity index (χ0v) is 20.5. The van der Waals surface area contributed by atoms with Crippen LogP contribution in [0, 0.1) is 0 Å². The Labute approximate surface area is 203 Å². The van der Waals surface area contributed by atoms with Crippen LogP contribution in [-0.2, 0) is 27.5 Å². The van der Waals surface area contributed by atoms with E-state index in [0.717, 1.165) is 52.6 Å². The number of rotatable bonds is 10. The Morgan fingerprint density at radius 1 is 1.06 bits per heavy atom. The first-order valence-corrected chi connectivity index (χ1v) is 12.7. The standard InChI is InChI=1S/C24H29F3N4O3S/c1-30(17-18-10-12-19(13-11-18)23-28-14-15-29-23)22(32)9-5-6-16-31(2)35(33,34)21-8-4-3-7-20(21)24(25,26)27/h3-4,7-8,10-13H,5-6,9,14-17H2,1-2H3,(H,28,29). The van der Waals surface area contributed by atoms with Crippen LogP contribution in [0.1, 0.15) is 36.0 Å². The summed E-state index contributed by atoms with van der Waals surface area (Å²) in [5, 5.41) is 3.21. The number of carbonyl (C=O) groups is 1. The number of hydrogen-bond acceptors (Lipinski definition) is 5. The van der Waals surface area contributed by atoms with Crippen LogP contribution in [0.25, 0.3) is 0 Å². The molecule has 0 saturated carbocycles. The van der Waals surface area contributed by atoms with Crippen LogP contribution in [0.5, 0.6) is 0 Å². The van der Waals surface area contributed by atoms with E-state index >= 15 is 0 Å². The molecular formula is C24H29F3N4O3S. The molecule has 0 bridgehead atoms. The molecule has 0 unspecified atom stereocenters. The van der Waals surface area contributed by atoms with Crippen molar-refractivity contribution < 1.29 is 26.4 Å². The van der Waals surface area contributed by atoms with Gasteiger partial charge in [-0.1, -0.05) is 36.4 Å². The zero-order valence-electron chi connectivity index (χ0n) is 19.7. The SMILES string of the molecule is CN(Cc1ccc(C2=NCCN2)cc1)C(=O)CCCCN(C)S(=O)(=O)c1ccccc1C(F)(F)F. The molecule has 35 heavy (non-hydrogen) atoms. The summed E-state index contributed by atoms with van der Waals surface area (Å²) >= 11 is 0. The van der Waals surface area contributed by atoms with Crippen LogP contribution in [-0.4, -0.2) is 63.1 Å². The zero-order chi connectivity index (χ0) is 25.6. The maximum atomic E-state index is 13.2. The van der Waals surface area contributed by atoms with E-state index in [9.17, 15) is 26.4 Å². The third kappa shape index (κ3) is 6.82. The molecule has 0 fully saturated rings. The molecule has 0 atom stereocenters. The average molecular weight is 511 g/mol. The van der Waals surface area contributed by atoms with Crippen LogP contribution in [0.2, 0.25) is 0 Å². The number of hydrogen-bond donors (Lipinski definition) is 1. The first-order valence-electron chi connectivity index (χ1n) is 11.2. The summed E-state index contributed by atoms with van der Waals surface area (Å²) in [5.74, 6) is 0.777. The van der Waals surface area contributed by atoms with Gasteiger partial charge in [-0.05, 0) is 30.5 Å². The largest absolute Gasteiger partial charge is 0.417 e. The highest BCUT2D eigenvalue weighted by atomic mass is 32.2. The van der Waals surface area contributed by atoms with E-state index in [0.29, 0.717) is 19.4 Å². The minimum absolute atomic E-state index is 0.00486. The van der Waals surface area contributed by atoms with Gasteiger partial charge in [-0.25, -0.2) is 12.7 Å². The van der Waals surface area contributed by atoms with E-state index in [1.165, 1.54) is 13.1 Å². The van der Waals surface area contributed by atoms with Crippen LogP contribution in [0.3, 0.4) is 0 Å². The third-order valence-corrected chi connectivity index (χ3v) is 7.66. The Morgan fingerprint density at radius 3 is 2.37 bits per heavy atom. The summed E-state index contributed by atoms with van der Waals surface area (Å²) in [6, 6.07) is 11.9. The van der Waals surface area contributed by atoms with E-state index in [1.807, 2.05) is 24.3 Å². The summed E-state index contributed by atoms with van der Waals surface area (Å²) in [7, 11) is -1.37. The second kappa shape index (κ2) is 11.2. The molecule has 1 aliphatic heterocycles. The Morgan fingerprint density at radius 2 is 1.74 bits per heavy atom. The maximum Gasteiger partial charge on any atom is 0.417 e. The summed E-state index contributed by atoms with van der Waals surface area (Å²) in [5.41, 5.74) is 0.777. The van der Waals surface area contributed by atoms with Crippen molar-refractivity contribution >= 4 is 21.8 Å². The van der Waals surface area contributed by atoms with Crippen LogP contribution in [0.15, 0.2) is 58.4 Å². The minimum Gasteiger partial charge on any atom is -0.368 e. The number of unbranched alkanes of at least 4 members (excludes halogenated alkanes) is 1. The molecule has 1 amide bonds. The lowest BCUT2D eigenvalue weighted by molar-refractivity contribution is -0.140. The fourth-order valence-corrected chi connectivity index (χ4v) is 5.15. The van der Waals surface area contributed by atoms with E-state index in [1.54, 1.807) is 11.9 Å². The van der Waals surface area contributed by atoms with Gasteiger partial charge in [-0.2, -0.15) is 13.2 Å². The number of nitrogens with zero attached hydrogens (tertiary/aromatic N) is 3. The van der Waals surface area contributed by atoms with Crippen molar-refractivity contribution in [2.24, 2.45) is 4.99 Å². The molecule has 0 aromatic heterocycles. The Hall–Kier alpha value is -2.92. The Bertz CT molecular complexity index is 1170. The summed E-state index contributed by atoms with van der Waals surface area (Å²) in [6.45, 7) is 2.03. The van der Waals surface area contributed by atoms with Crippen molar-refractivity contribution in [2.45, 2.75) is 36.9 Å². The van der Waals surface area contributed by atoms with Gasteiger partial charge in [0, 0.05) is 45.7 Å². The van der Waals surface area contributed by atoms with E-state index in [2.05, 4.69) is 10.3 Å². The second-order valence-electron chi connectivity index (χ2n) is 8.38. The average Bonchev–Trinajstić information content (AvgIpc) is 3.36. The van der Waals surface area contributed by atoms with E-state index < -0.39 is 26.7 Å². The molecule has 2 aromatic carbocycles. The highest BCUT2D eigenvalue weighted by Gasteiger charge is 2.37. The molecule has 11 heteroatoms. The lowest BCUT2D eigenvalue weighted by Crippen LogP contribution is -2.30. The molecule has 0 aliphatic carbocycles. The Kier molecular flexibility index (Phi) is 8.55. The third-order valence-electron chi connectivity index (χ3n) is 5.74. The quantitative estimate of drug-likeness (QED) is 0.496. The van der Waals surface area contributed by atoms with Crippen molar-refractivity contribution in [1.29, 1.82) is 0 Å². The van der Waals surface area contributed by atoms with Gasteiger partial charge in [0.1, 0.15) is 5.84 Å². The molecule has 1 heterocycles. The minimum atomic E-state index is -4.77. The fraction of sp³-hybridized carbons (Fsp3) is 0.417. The smallest absolute Gasteiger partial charge is 0.368 e. The molecule has 2 aromatic rings. The summed E-state index contributed by atoms with van der Waals surface area (Å²) in [6.07, 6.45) is -3.81. The number of benzene rings is 2. The highest BCUT2D eigenvalue weighted by Crippen LogP contribution is 2.34. The van der Waals surface area contributed by atoms with Gasteiger partial charge in [0.05, 0.1) is 17.0 Å². The summed E-state index contributed by atoms with van der Waals surface area (Å²) < 4.78 is 66.0. The molecule has 1 N–H and O–H groups in total. The van der Waals surface area contributed by atoms with Gasteiger partial charge >= 0.3 is 6.18 Å². The Balaban J connectivity index is 1.47. The van der Waals surface area contributed by atoms with Gasteiger partial charge in [0.15, 0.2) is 0 Å². The van der Waals surface area contributed by atoms with Crippen molar-refractivity contribution in [2.75, 3.05) is 33.7 Å². The van der Waals surface area contributed by atoms with Crippen molar-refractivity contribution in [3.63, 3.8) is 0 Å². The highest BCUT2D eigenvalue weighted by molar-refractivity contribution is 7.89. The number of aliphatic imine (C=N–C) groups is 1. The lowest BCUT2D eigenvalue weighted by Gasteiger charge is -2.21. The number of nitrogens with one attached hydrogen (secondary N) is 1. The van der Waals surface area contributed by atoms with Crippen molar-refractivity contribution in [3.8, 4) is 0 Å². The van der Waals surface area contributed by atoms with Crippen molar-refractivity contribution in [3.05, 3.63) is 65.2 Å². The number of halogens is 3. The van der Waals surface area contributed by atoms with E-state index in [-0.39, 0.29) is 18.9 Å². The van der Waals surface area contributed by atoms with Crippen LogP contribution in [0.4, 0.5) is 13.2 Å². The molecule has 3 rings (SSSR count). The van der Waals surface area contributed by atoms with Gasteiger partial charge in [-0.15, -0.1) is 0 Å². The number of alkyl halides is 3. The lowest BCUT2D eigenvalue weighted by atomic mass is 10.1. The molecule has 0 radical (unpaired) electrons. The van der Waals surface area contributed by atoms with Crippen LogP contribution < -0.4 is 5.32 Å². The van der Waals surface area contributed by atoms with Crippen molar-refractivity contribution in [1.82, 2.24) is 14.5 Å². The molecule has 0 saturated heterocycles. The second-order valence-corrected chi connectivity index (χ2v) is 10.4. The predicted octanol–water partition coefficient (Wildman–Crippen LogP) is 3.50. The number of amidine groups is 1. The molecule has 1 aliphatic rings. The first kappa shape index (κ1) is 26.7. The number of amides is 1. The summed E-state index contributed by atoms with van der Waals surface area (Å²) in [4.78, 5) is 17.7. The topological polar surface area (TPSA) is 82.1 Å². The van der Waals surface area contributed by atoms with E-state index in [4.69, 9.17) is 0 Å². The molecule has 0 spiro atoms. The van der Waals surface area contributed by atoms with Gasteiger partial charge in [0.25, 0.3) is 0 Å². The molecule has 190 valence electrons. The number of carbonyl (C=O) groups excluding carboxylic acids is 1.